The second-order valence-electron chi connectivity index (χ2n) is 7.27. The van der Waals surface area contributed by atoms with E-state index in [9.17, 15) is 13.2 Å². The summed E-state index contributed by atoms with van der Waals surface area (Å²) in [6.45, 7) is 3.13. The lowest BCUT2D eigenvalue weighted by Crippen LogP contribution is -2.37. The number of fused-ring (bicyclic) bond motifs is 1. The van der Waals surface area contributed by atoms with Gasteiger partial charge in [-0.2, -0.15) is 0 Å². The Morgan fingerprint density at radius 3 is 2.62 bits per heavy atom. The Balaban J connectivity index is 1.71. The maximum absolute atomic E-state index is 13.3. The number of hydrogen-bond acceptors (Lipinski definition) is 6. The van der Waals surface area contributed by atoms with Crippen molar-refractivity contribution in [3.05, 3.63) is 53.6 Å². The highest BCUT2D eigenvalue weighted by molar-refractivity contribution is 7.90. The zero-order valence-corrected chi connectivity index (χ0v) is 17.9. The fraction of sp³-hybridized carbons (Fsp3) is 0.333. The summed E-state index contributed by atoms with van der Waals surface area (Å²) >= 11 is 1.48. The Morgan fingerprint density at radius 2 is 2.00 bits per heavy atom. The summed E-state index contributed by atoms with van der Waals surface area (Å²) in [4.78, 5) is 19.9. The zero-order valence-electron chi connectivity index (χ0n) is 16.3. The highest BCUT2D eigenvalue weighted by atomic mass is 32.2. The Morgan fingerprint density at radius 1 is 1.24 bits per heavy atom. The Bertz CT molecular complexity index is 1150. The van der Waals surface area contributed by atoms with Crippen LogP contribution in [0.15, 0.2) is 47.4 Å². The van der Waals surface area contributed by atoms with Crippen molar-refractivity contribution in [1.82, 2.24) is 4.98 Å². The first-order valence-electron chi connectivity index (χ1n) is 9.42. The van der Waals surface area contributed by atoms with E-state index in [4.69, 9.17) is 9.72 Å². The number of nitrogens with zero attached hydrogens (tertiary/aromatic N) is 2. The van der Waals surface area contributed by atoms with Gasteiger partial charge in [0.2, 0.25) is 0 Å². The Hall–Kier alpha value is -2.29. The average Bonchev–Trinajstić information content (AvgIpc) is 3.35. The third-order valence-electron chi connectivity index (χ3n) is 5.03. The summed E-state index contributed by atoms with van der Waals surface area (Å²) in [5.41, 5.74) is 2.38. The van der Waals surface area contributed by atoms with Crippen LogP contribution in [0.4, 0.5) is 5.13 Å². The van der Waals surface area contributed by atoms with E-state index >= 15 is 0 Å². The summed E-state index contributed by atoms with van der Waals surface area (Å²) in [5.74, 6) is -0.211. The quantitative estimate of drug-likeness (QED) is 0.615. The lowest BCUT2D eigenvalue weighted by Gasteiger charge is -2.23. The van der Waals surface area contributed by atoms with Crippen LogP contribution in [0.2, 0.25) is 0 Å². The van der Waals surface area contributed by atoms with Gasteiger partial charge in [0.05, 0.1) is 27.8 Å². The third-order valence-corrected chi connectivity index (χ3v) is 7.20. The maximum atomic E-state index is 13.3. The zero-order chi connectivity index (χ0) is 20.6. The number of amides is 1. The molecule has 1 aromatic heterocycles. The molecule has 0 N–H and O–H groups in total. The minimum absolute atomic E-state index is 0.0256. The lowest BCUT2D eigenvalue weighted by molar-refractivity contribution is 0.0917. The number of thiazole rings is 1. The van der Waals surface area contributed by atoms with Crippen molar-refractivity contribution >= 4 is 42.4 Å². The molecule has 1 saturated heterocycles. The highest BCUT2D eigenvalue weighted by Crippen LogP contribution is 2.32. The first-order chi connectivity index (χ1) is 13.8. The monoisotopic (exact) mass is 430 g/mol. The molecule has 2 aromatic carbocycles. The van der Waals surface area contributed by atoms with Crippen LogP contribution in [-0.2, 0) is 14.6 Å². The molecule has 4 rings (SSSR count). The van der Waals surface area contributed by atoms with Gasteiger partial charge in [-0.25, -0.2) is 13.4 Å². The number of anilines is 1. The number of rotatable bonds is 5. The van der Waals surface area contributed by atoms with Crippen LogP contribution in [0.25, 0.3) is 10.2 Å². The molecule has 1 fully saturated rings. The summed E-state index contributed by atoms with van der Waals surface area (Å²) in [5, 5.41) is 0.627. The highest BCUT2D eigenvalue weighted by Gasteiger charge is 2.27. The maximum Gasteiger partial charge on any atom is 0.260 e. The second-order valence-corrected chi connectivity index (χ2v) is 10.3. The fourth-order valence-corrected chi connectivity index (χ4v) is 5.11. The molecule has 0 saturated carbocycles. The molecule has 29 heavy (non-hydrogen) atoms. The molecule has 0 spiro atoms. The van der Waals surface area contributed by atoms with E-state index < -0.39 is 9.84 Å². The van der Waals surface area contributed by atoms with Crippen molar-refractivity contribution in [2.75, 3.05) is 24.3 Å². The van der Waals surface area contributed by atoms with Crippen LogP contribution in [0.3, 0.4) is 0 Å². The van der Waals surface area contributed by atoms with E-state index in [0.717, 1.165) is 34.9 Å². The van der Waals surface area contributed by atoms with E-state index in [1.54, 1.807) is 17.0 Å². The summed E-state index contributed by atoms with van der Waals surface area (Å²) in [7, 11) is -3.31. The normalized spacial score (nSPS) is 17.0. The van der Waals surface area contributed by atoms with Gasteiger partial charge < -0.3 is 4.74 Å². The number of aryl methyl sites for hydroxylation is 1. The largest absolute Gasteiger partial charge is 0.376 e. The average molecular weight is 431 g/mol. The first kappa shape index (κ1) is 20.0. The van der Waals surface area contributed by atoms with Gasteiger partial charge in [0, 0.05) is 18.4 Å². The standard InChI is InChI=1S/C21H22N2O4S2/c1-14-5-3-7-18-19(14)22-21(28-18)23(13-16-6-4-12-27-16)20(24)15-8-10-17(11-9-15)29(2,25)26/h3,5,7-11,16H,4,6,12-13H2,1-2H3. The molecular weight excluding hydrogens is 408 g/mol. The molecule has 1 unspecified atom stereocenters. The molecule has 0 radical (unpaired) electrons. The summed E-state index contributed by atoms with van der Waals surface area (Å²) in [6, 6.07) is 12.0. The number of aromatic nitrogens is 1. The third kappa shape index (κ3) is 4.19. The van der Waals surface area contributed by atoms with E-state index in [0.29, 0.717) is 23.8 Å². The molecule has 8 heteroatoms. The summed E-state index contributed by atoms with van der Waals surface area (Å²) in [6.07, 6.45) is 3.01. The molecule has 0 bridgehead atoms. The number of sulfone groups is 1. The number of carbonyl (C=O) groups is 1. The lowest BCUT2D eigenvalue weighted by atomic mass is 10.2. The van der Waals surface area contributed by atoms with E-state index in [1.165, 1.54) is 23.5 Å². The van der Waals surface area contributed by atoms with Crippen molar-refractivity contribution in [1.29, 1.82) is 0 Å². The molecular formula is C21H22N2O4S2. The molecule has 152 valence electrons. The van der Waals surface area contributed by atoms with Crippen molar-refractivity contribution in [3.8, 4) is 0 Å². The van der Waals surface area contributed by atoms with Gasteiger partial charge in [-0.05, 0) is 55.7 Å². The van der Waals surface area contributed by atoms with Crippen LogP contribution in [0.5, 0.6) is 0 Å². The first-order valence-corrected chi connectivity index (χ1v) is 12.1. The van der Waals surface area contributed by atoms with Crippen LogP contribution in [0, 0.1) is 6.92 Å². The van der Waals surface area contributed by atoms with Crippen molar-refractivity contribution in [2.24, 2.45) is 0 Å². The fourth-order valence-electron chi connectivity index (χ4n) is 3.43. The van der Waals surface area contributed by atoms with Gasteiger partial charge in [-0.3, -0.25) is 9.69 Å². The van der Waals surface area contributed by atoms with Crippen LogP contribution >= 0.6 is 11.3 Å². The minimum Gasteiger partial charge on any atom is -0.376 e. The van der Waals surface area contributed by atoms with Gasteiger partial charge in [0.1, 0.15) is 0 Å². The molecule has 2 heterocycles. The summed E-state index contributed by atoms with van der Waals surface area (Å²) < 4.78 is 30.2. The molecule has 1 amide bonds. The van der Waals surface area contributed by atoms with Crippen LogP contribution in [0.1, 0.15) is 28.8 Å². The predicted octanol–water partition coefficient (Wildman–Crippen LogP) is 3.83. The van der Waals surface area contributed by atoms with Crippen LogP contribution < -0.4 is 4.90 Å². The smallest absolute Gasteiger partial charge is 0.260 e. The molecule has 1 atom stereocenters. The van der Waals surface area contributed by atoms with Gasteiger partial charge in [0.25, 0.3) is 5.91 Å². The molecule has 1 aliphatic rings. The Labute approximate surface area is 174 Å². The van der Waals surface area contributed by atoms with Gasteiger partial charge >= 0.3 is 0 Å². The predicted molar refractivity (Wildman–Crippen MR) is 115 cm³/mol. The number of benzene rings is 2. The molecule has 1 aliphatic heterocycles. The van der Waals surface area contributed by atoms with Gasteiger partial charge in [-0.1, -0.05) is 23.5 Å². The minimum atomic E-state index is -3.31. The molecule has 3 aromatic rings. The number of carbonyl (C=O) groups excluding carboxylic acids is 1. The van der Waals surface area contributed by atoms with E-state index in [1.807, 2.05) is 25.1 Å². The number of ether oxygens (including phenoxy) is 1. The van der Waals surface area contributed by atoms with E-state index in [2.05, 4.69) is 0 Å². The van der Waals surface area contributed by atoms with Crippen LogP contribution in [-0.4, -0.2) is 44.8 Å². The number of hydrogen-bond donors (Lipinski definition) is 0. The molecule has 0 aliphatic carbocycles. The van der Waals surface area contributed by atoms with Crippen molar-refractivity contribution < 1.29 is 17.9 Å². The van der Waals surface area contributed by atoms with Gasteiger partial charge in [-0.15, -0.1) is 0 Å². The van der Waals surface area contributed by atoms with E-state index in [-0.39, 0.29) is 16.9 Å². The SMILES string of the molecule is Cc1cccc2sc(N(CC3CCCO3)C(=O)c3ccc(S(C)(=O)=O)cc3)nc12. The van der Waals surface area contributed by atoms with Crippen molar-refractivity contribution in [2.45, 2.75) is 30.8 Å². The molecule has 6 nitrogen and oxygen atoms in total. The Kier molecular flexibility index (Phi) is 5.42. The second kappa shape index (κ2) is 7.85. The van der Waals surface area contributed by atoms with Crippen molar-refractivity contribution in [3.63, 3.8) is 0 Å². The topological polar surface area (TPSA) is 76.6 Å². The number of para-hydroxylation sites is 1. The van der Waals surface area contributed by atoms with Gasteiger partial charge in [0.15, 0.2) is 15.0 Å².